The maximum atomic E-state index is 5.68. The maximum Gasteiger partial charge on any atom is 0.231 e. The molecule has 1 aromatic heterocycles. The lowest BCUT2D eigenvalue weighted by Gasteiger charge is -2.26. The van der Waals surface area contributed by atoms with Crippen molar-refractivity contribution in [3.05, 3.63) is 11.7 Å². The van der Waals surface area contributed by atoms with Gasteiger partial charge in [0.2, 0.25) is 11.7 Å². The second kappa shape index (κ2) is 7.90. The first-order chi connectivity index (χ1) is 9.95. The van der Waals surface area contributed by atoms with Crippen molar-refractivity contribution < 1.29 is 9.26 Å². The summed E-state index contributed by atoms with van der Waals surface area (Å²) in [6.45, 7) is 13.8. The highest BCUT2D eigenvalue weighted by atomic mass is 16.5. The van der Waals surface area contributed by atoms with Gasteiger partial charge in [0.25, 0.3) is 0 Å². The second-order valence-electron chi connectivity index (χ2n) is 5.98. The first-order valence-electron chi connectivity index (χ1n) is 8.08. The molecule has 0 radical (unpaired) electrons. The highest BCUT2D eigenvalue weighted by Crippen LogP contribution is 2.33. The van der Waals surface area contributed by atoms with E-state index in [2.05, 4.69) is 57.0 Å². The number of rotatable bonds is 9. The zero-order valence-electron chi connectivity index (χ0n) is 14.6. The van der Waals surface area contributed by atoms with Crippen molar-refractivity contribution in [1.82, 2.24) is 15.5 Å². The van der Waals surface area contributed by atoms with Crippen LogP contribution in [0.2, 0.25) is 0 Å². The minimum Gasteiger partial charge on any atom is -0.370 e. The SMILES string of the molecule is CCNC(C)C(c1nc(C(CC)(CC)OC)no1)C(C)C. The van der Waals surface area contributed by atoms with Gasteiger partial charge in [-0.15, -0.1) is 0 Å². The zero-order chi connectivity index (χ0) is 16.0. The van der Waals surface area contributed by atoms with Crippen LogP contribution in [0.1, 0.15) is 72.0 Å². The molecule has 2 atom stereocenters. The molecule has 122 valence electrons. The quantitative estimate of drug-likeness (QED) is 0.756. The Bertz CT molecular complexity index is 405. The van der Waals surface area contributed by atoms with E-state index in [1.807, 2.05) is 0 Å². The molecule has 1 N–H and O–H groups in total. The molecule has 5 nitrogen and oxygen atoms in total. The normalized spacial score (nSPS) is 15.4. The standard InChI is InChI=1S/C16H31N3O2/c1-8-16(9-2,20-7)15-18-14(21-19-15)13(11(4)5)12(6)17-10-3/h11-13,17H,8-10H2,1-7H3. The average Bonchev–Trinajstić information content (AvgIpc) is 2.91. The Morgan fingerprint density at radius 2 is 1.81 bits per heavy atom. The third-order valence-electron chi connectivity index (χ3n) is 4.45. The monoisotopic (exact) mass is 297 g/mol. The molecule has 2 unspecified atom stereocenters. The van der Waals surface area contributed by atoms with Gasteiger partial charge in [0.15, 0.2) is 0 Å². The molecule has 1 aromatic rings. The van der Waals surface area contributed by atoms with Gasteiger partial charge in [-0.25, -0.2) is 0 Å². The second-order valence-corrected chi connectivity index (χ2v) is 5.98. The summed E-state index contributed by atoms with van der Waals surface area (Å²) in [7, 11) is 1.71. The van der Waals surface area contributed by atoms with Crippen molar-refractivity contribution in [2.24, 2.45) is 5.92 Å². The Labute approximate surface area is 128 Å². The number of aromatic nitrogens is 2. The fourth-order valence-corrected chi connectivity index (χ4v) is 3.03. The third kappa shape index (κ3) is 3.83. The van der Waals surface area contributed by atoms with Gasteiger partial charge in [-0.1, -0.05) is 39.8 Å². The summed E-state index contributed by atoms with van der Waals surface area (Å²) in [6.07, 6.45) is 1.65. The molecule has 0 amide bonds. The Balaban J connectivity index is 3.09. The van der Waals surface area contributed by atoms with E-state index in [4.69, 9.17) is 9.26 Å². The largest absolute Gasteiger partial charge is 0.370 e. The molecular weight excluding hydrogens is 266 g/mol. The minimum absolute atomic E-state index is 0.203. The molecule has 0 saturated heterocycles. The van der Waals surface area contributed by atoms with Crippen molar-refractivity contribution in [3.8, 4) is 0 Å². The Kier molecular flexibility index (Phi) is 6.81. The number of ether oxygens (including phenoxy) is 1. The summed E-state index contributed by atoms with van der Waals surface area (Å²) < 4.78 is 11.3. The number of likely N-dealkylation sites (N-methyl/N-ethyl adjacent to an activating group) is 1. The first-order valence-corrected chi connectivity index (χ1v) is 8.08. The minimum atomic E-state index is -0.440. The summed E-state index contributed by atoms with van der Waals surface area (Å²) in [5.41, 5.74) is -0.440. The lowest BCUT2D eigenvalue weighted by Crippen LogP contribution is -2.35. The van der Waals surface area contributed by atoms with Crippen molar-refractivity contribution in [3.63, 3.8) is 0 Å². The van der Waals surface area contributed by atoms with Gasteiger partial charge in [0.05, 0.1) is 5.92 Å². The molecule has 0 spiro atoms. The Hall–Kier alpha value is -0.940. The van der Waals surface area contributed by atoms with Crippen LogP contribution in [-0.4, -0.2) is 29.8 Å². The lowest BCUT2D eigenvalue weighted by atomic mass is 9.89. The molecule has 0 aliphatic carbocycles. The van der Waals surface area contributed by atoms with Gasteiger partial charge >= 0.3 is 0 Å². The van der Waals surface area contributed by atoms with E-state index in [0.717, 1.165) is 19.4 Å². The van der Waals surface area contributed by atoms with Crippen LogP contribution < -0.4 is 5.32 Å². The van der Waals surface area contributed by atoms with Crippen molar-refractivity contribution in [2.45, 2.75) is 71.9 Å². The number of nitrogens with one attached hydrogen (secondary N) is 1. The predicted octanol–water partition coefficient (Wildman–Crippen LogP) is 3.47. The summed E-state index contributed by atoms with van der Waals surface area (Å²) in [5, 5.41) is 7.66. The molecule has 1 heterocycles. The summed E-state index contributed by atoms with van der Waals surface area (Å²) in [5.74, 6) is 2.00. The molecule has 1 rings (SSSR count). The van der Waals surface area contributed by atoms with Crippen LogP contribution in [0.25, 0.3) is 0 Å². The lowest BCUT2D eigenvalue weighted by molar-refractivity contribution is -0.0306. The van der Waals surface area contributed by atoms with E-state index in [1.54, 1.807) is 7.11 Å². The molecule has 0 aliphatic heterocycles. The highest BCUT2D eigenvalue weighted by molar-refractivity contribution is 5.06. The fraction of sp³-hybridized carbons (Fsp3) is 0.875. The van der Waals surface area contributed by atoms with Crippen LogP contribution in [0.15, 0.2) is 4.52 Å². The van der Waals surface area contributed by atoms with E-state index in [-0.39, 0.29) is 5.92 Å². The smallest absolute Gasteiger partial charge is 0.231 e. The molecule has 0 fully saturated rings. The molecule has 0 saturated carbocycles. The van der Waals surface area contributed by atoms with Gasteiger partial charge in [-0.3, -0.25) is 0 Å². The number of nitrogens with zero attached hydrogens (tertiary/aromatic N) is 2. The maximum absolute atomic E-state index is 5.68. The van der Waals surface area contributed by atoms with E-state index in [1.165, 1.54) is 0 Å². The average molecular weight is 297 g/mol. The summed E-state index contributed by atoms with van der Waals surface area (Å²) >= 11 is 0. The fourth-order valence-electron chi connectivity index (χ4n) is 3.03. The van der Waals surface area contributed by atoms with Gasteiger partial charge in [0.1, 0.15) is 5.60 Å². The van der Waals surface area contributed by atoms with Crippen LogP contribution in [0.4, 0.5) is 0 Å². The Morgan fingerprint density at radius 3 is 2.24 bits per heavy atom. The molecule has 21 heavy (non-hydrogen) atoms. The van der Waals surface area contributed by atoms with Gasteiger partial charge in [-0.05, 0) is 32.2 Å². The summed E-state index contributed by atoms with van der Waals surface area (Å²) in [6, 6.07) is 0.295. The highest BCUT2D eigenvalue weighted by Gasteiger charge is 2.36. The van der Waals surface area contributed by atoms with Crippen LogP contribution in [0.5, 0.6) is 0 Å². The van der Waals surface area contributed by atoms with Crippen LogP contribution >= 0.6 is 0 Å². The topological polar surface area (TPSA) is 60.2 Å². The van der Waals surface area contributed by atoms with E-state index >= 15 is 0 Å². The molecule has 5 heteroatoms. The number of methoxy groups -OCH3 is 1. The van der Waals surface area contributed by atoms with Gasteiger partial charge < -0.3 is 14.6 Å². The molecular formula is C16H31N3O2. The van der Waals surface area contributed by atoms with E-state index in [0.29, 0.717) is 23.7 Å². The van der Waals surface area contributed by atoms with Crippen LogP contribution in [0.3, 0.4) is 0 Å². The van der Waals surface area contributed by atoms with E-state index in [9.17, 15) is 0 Å². The molecule has 0 aliphatic rings. The summed E-state index contributed by atoms with van der Waals surface area (Å²) in [4.78, 5) is 4.68. The van der Waals surface area contributed by atoms with Crippen molar-refractivity contribution in [2.75, 3.05) is 13.7 Å². The Morgan fingerprint density at radius 1 is 1.19 bits per heavy atom. The third-order valence-corrected chi connectivity index (χ3v) is 4.45. The predicted molar refractivity (Wildman–Crippen MR) is 84.3 cm³/mol. The number of hydrogen-bond acceptors (Lipinski definition) is 5. The van der Waals surface area contributed by atoms with Crippen LogP contribution in [-0.2, 0) is 10.3 Å². The number of hydrogen-bond donors (Lipinski definition) is 1. The molecule has 0 bridgehead atoms. The van der Waals surface area contributed by atoms with E-state index < -0.39 is 5.60 Å². The van der Waals surface area contributed by atoms with Crippen LogP contribution in [0, 0.1) is 5.92 Å². The molecule has 0 aromatic carbocycles. The van der Waals surface area contributed by atoms with Gasteiger partial charge in [-0.2, -0.15) is 4.98 Å². The van der Waals surface area contributed by atoms with Crippen molar-refractivity contribution >= 4 is 0 Å². The van der Waals surface area contributed by atoms with Gasteiger partial charge in [0, 0.05) is 13.2 Å². The first kappa shape index (κ1) is 18.1. The van der Waals surface area contributed by atoms with Crippen molar-refractivity contribution in [1.29, 1.82) is 0 Å². The zero-order valence-corrected chi connectivity index (χ0v) is 14.6.